The number of carbonyl (C=O) groups excluding carboxylic acids is 1. The summed E-state index contributed by atoms with van der Waals surface area (Å²) in [4.78, 5) is 68.2. The van der Waals surface area contributed by atoms with E-state index in [9.17, 15) is 9.59 Å². The van der Waals surface area contributed by atoms with Gasteiger partial charge in [-0.05, 0) is 239 Å². The molecular weight excluding hydrogens is 1870 g/mol. The number of hydrogen-bond acceptors (Lipinski definition) is 8. The molecule has 4 aromatic heterocycles. The summed E-state index contributed by atoms with van der Waals surface area (Å²) >= 11 is 0. The van der Waals surface area contributed by atoms with Gasteiger partial charge in [-0.25, -0.2) is 9.97 Å². The Labute approximate surface area is 864 Å². The molecule has 24 aromatic carbocycles. The summed E-state index contributed by atoms with van der Waals surface area (Å²) in [6.45, 7) is 0. The number of ketones is 1. The third-order valence-electron chi connectivity index (χ3n) is 30.1. The van der Waals surface area contributed by atoms with Crippen molar-refractivity contribution >= 4 is 158 Å². The number of para-hydroxylation sites is 1. The molecule has 11 nitrogen and oxygen atoms in total. The summed E-state index contributed by atoms with van der Waals surface area (Å²) in [6.07, 6.45) is 0.680. The van der Waals surface area contributed by atoms with Crippen molar-refractivity contribution in [2.75, 3.05) is 0 Å². The summed E-state index contributed by atoms with van der Waals surface area (Å²) in [6, 6.07) is 166. The fourth-order valence-corrected chi connectivity index (χ4v) is 23.8. The Morgan fingerprint density at radius 2 is 0.483 bits per heavy atom. The van der Waals surface area contributed by atoms with Gasteiger partial charge >= 0.3 is 17.1 Å². The molecule has 2 aliphatic carbocycles. The fraction of sp³-hybridized carbons (Fsp3) is 0.00730. The number of hydrogen-bond donors (Lipinski definition) is 1. The van der Waals surface area contributed by atoms with Crippen LogP contribution < -0.4 is 15.4 Å². The number of aromatic nitrogens is 9. The van der Waals surface area contributed by atoms with Gasteiger partial charge in [0, 0.05) is 72.3 Å². The molecule has 32 rings (SSSR count). The van der Waals surface area contributed by atoms with E-state index >= 15 is 0 Å². The summed E-state index contributed by atoms with van der Waals surface area (Å²) in [5.74, 6) is 2.24. The Bertz CT molecular complexity index is 9900. The zero-order chi connectivity index (χ0) is 97.7. The molecule has 0 spiro atoms. The minimum atomic E-state index is 0. The molecule has 0 saturated heterocycles. The third-order valence-corrected chi connectivity index (χ3v) is 30.1. The molecule has 0 unspecified atom stereocenters. The van der Waals surface area contributed by atoms with E-state index in [1.807, 2.05) is 158 Å². The topological polar surface area (TPSA) is 155 Å². The van der Waals surface area contributed by atoms with Crippen molar-refractivity contribution in [3.05, 3.63) is 506 Å². The van der Waals surface area contributed by atoms with Crippen molar-refractivity contribution in [2.24, 2.45) is 0 Å². The molecule has 4 aliphatic rings. The number of aromatic amines is 1. The molecule has 697 valence electrons. The second kappa shape index (κ2) is 35.6. The van der Waals surface area contributed by atoms with E-state index in [2.05, 4.69) is 320 Å². The minimum Gasteiger partial charge on any atom is -0.357 e. The van der Waals surface area contributed by atoms with Crippen LogP contribution in [-0.2, 0) is 23.5 Å². The summed E-state index contributed by atoms with van der Waals surface area (Å²) < 4.78 is 0. The molecule has 6 heterocycles. The van der Waals surface area contributed by atoms with Gasteiger partial charge in [-0.1, -0.05) is 449 Å². The summed E-state index contributed by atoms with van der Waals surface area (Å²) in [5.41, 5.74) is 31.3. The number of benzene rings is 24. The Hall–Kier alpha value is -19.4. The molecule has 12 heteroatoms. The second-order valence-corrected chi connectivity index (χ2v) is 38.2. The van der Waals surface area contributed by atoms with Crippen LogP contribution in [0, 0.1) is 0 Å². The van der Waals surface area contributed by atoms with Gasteiger partial charge in [0.2, 0.25) is 0 Å². The first kappa shape index (κ1) is 87.4. The molecule has 2 aliphatic heterocycles. The zero-order valence-corrected chi connectivity index (χ0v) is 80.9. The van der Waals surface area contributed by atoms with E-state index in [1.165, 1.54) is 175 Å². The number of H-pyrrole nitrogens is 1. The van der Waals surface area contributed by atoms with E-state index in [0.717, 1.165) is 66.0 Å². The number of fused-ring (bicyclic) bond motifs is 33. The molecule has 0 amide bonds. The maximum atomic E-state index is 12.8. The van der Waals surface area contributed by atoms with Crippen LogP contribution in [0.1, 0.15) is 27.0 Å². The molecule has 28 aromatic rings. The van der Waals surface area contributed by atoms with Gasteiger partial charge in [-0.2, -0.15) is 0 Å². The van der Waals surface area contributed by atoms with Gasteiger partial charge in [-0.15, -0.1) is 0 Å². The first-order chi connectivity index (χ1) is 73.3. The SMILES string of the molecule is O=C1c2ccccc2Cc2cc3c(=O)c4ccccc4[nH]c3cc21.[Cu+2].c1ccc(-c2c3c(c(-c4ccccc4)c4ccccc24)-c2ccc4c5cccc6cccc(c7ccc-3c2c74)c65)cc1.c1ccc(-c2c3ccccc3c(-c3ccccc3)c3c(-c4ccccc4)c4ccccc4c(-c4ccccc4)c23)cc1.c1ccc2c(c1)-c1nc-2nc2[n-]c(nc3nc(nc4[n-]c(n1)c1ccccc41)-c1ccccc1-3)c1ccccc21. The van der Waals surface area contributed by atoms with E-state index < -0.39 is 0 Å². The second-order valence-electron chi connectivity index (χ2n) is 38.2. The maximum Gasteiger partial charge on any atom is 2.00 e. The average molecular weight is 1950 g/mol. The Morgan fingerprint density at radius 3 is 0.852 bits per heavy atom. The Balaban J connectivity index is 0.0000000970. The van der Waals surface area contributed by atoms with E-state index in [-0.39, 0.29) is 28.3 Å². The van der Waals surface area contributed by atoms with Gasteiger partial charge < -0.3 is 34.9 Å². The monoisotopic (exact) mass is 1950 g/mol. The summed E-state index contributed by atoms with van der Waals surface area (Å²) in [7, 11) is 0. The van der Waals surface area contributed by atoms with Crippen LogP contribution in [0.25, 0.3) is 287 Å². The molecule has 0 saturated carbocycles. The van der Waals surface area contributed by atoms with Gasteiger partial charge in [0.05, 0.1) is 28.8 Å². The van der Waals surface area contributed by atoms with Crippen molar-refractivity contribution in [3.8, 4) is 135 Å². The molecule has 1 N–H and O–H groups in total. The number of rotatable bonds is 6. The largest absolute Gasteiger partial charge is 2.00 e. The van der Waals surface area contributed by atoms with Crippen LogP contribution in [0.15, 0.2) is 478 Å². The third kappa shape index (κ3) is 14.2. The standard InChI is InChI=1S/C42H24.C42H28.C32H16N8.C21H13NO2.Cu/c1-3-11-26(12-4-1)37-30-17-7-8-18-31(30)38(27-13-5-2-6-14-27)42-35-24-22-33-29-20-10-16-25-15-9-19-28(36(25)29)32-21-23-34(41(37)42)40(35)39(32)33;1-5-17-29(18-6-1)37-33-25-13-14-26-34(33)39(31-21-9-3-10-22-31)42-40(32-23-11-4-12-24-32)36-28-16-15-27-35(36)38(41(37)42)30-19-7-2-8-20-30;1-2-10-18-17(9-1)25-33-26(18)38-28-21-13-5-6-14-22(21)30(35-28)40-32-24-16-8-7-15-23(24)31(36-32)39-29-20-12-4-3-11-19(20)27(34-29)37-25;23-20-14-6-2-1-5-12(14)9-13-10-17-19(11-16(13)20)22-18-8-4-3-7-15(18)21(17)24;/h1-24H;1-28H;1-16H;1-8,10-11H,9H2,(H,22,24);/q;;-2;;+2. The summed E-state index contributed by atoms with van der Waals surface area (Å²) in [5, 5.41) is 25.9. The number of nitrogens with one attached hydrogen (secondary N) is 1. The molecule has 0 atom stereocenters. The van der Waals surface area contributed by atoms with Crippen molar-refractivity contribution < 1.29 is 21.9 Å². The van der Waals surface area contributed by atoms with Crippen LogP contribution in [0.2, 0.25) is 0 Å². The molecule has 149 heavy (non-hydrogen) atoms. The van der Waals surface area contributed by atoms with Gasteiger partial charge in [0.25, 0.3) is 0 Å². The maximum absolute atomic E-state index is 12.8. The van der Waals surface area contributed by atoms with E-state index in [4.69, 9.17) is 39.9 Å². The quantitative estimate of drug-likeness (QED) is 0.0966. The van der Waals surface area contributed by atoms with E-state index in [1.54, 1.807) is 0 Å². The normalized spacial score (nSPS) is 12.0. The Morgan fingerprint density at radius 1 is 0.188 bits per heavy atom. The van der Waals surface area contributed by atoms with E-state index in [0.29, 0.717) is 74.2 Å². The van der Waals surface area contributed by atoms with Crippen LogP contribution in [0.3, 0.4) is 0 Å². The van der Waals surface area contributed by atoms with Crippen molar-refractivity contribution in [3.63, 3.8) is 0 Å². The predicted octanol–water partition coefficient (Wildman–Crippen LogP) is 33.6. The van der Waals surface area contributed by atoms with Crippen LogP contribution in [-0.4, -0.2) is 40.7 Å². The molecule has 8 bridgehead atoms. The molecule has 0 fully saturated rings. The van der Waals surface area contributed by atoms with Crippen LogP contribution >= 0.6 is 0 Å². The molecule has 1 radical (unpaired) electrons. The Kier molecular flexibility index (Phi) is 20.9. The smallest absolute Gasteiger partial charge is 0.357 e. The first-order valence-electron chi connectivity index (χ1n) is 50.1. The number of nitrogens with zero attached hydrogens (tertiary/aromatic N) is 8. The first-order valence-corrected chi connectivity index (χ1v) is 50.1. The fourth-order valence-electron chi connectivity index (χ4n) is 23.8. The number of pyridine rings is 1. The van der Waals surface area contributed by atoms with Crippen LogP contribution in [0.5, 0.6) is 0 Å². The predicted molar refractivity (Wildman–Crippen MR) is 610 cm³/mol. The average Bonchev–Trinajstić information content (AvgIpc) is 1.62. The van der Waals surface area contributed by atoms with Gasteiger partial charge in [0.15, 0.2) is 11.2 Å². The van der Waals surface area contributed by atoms with Crippen molar-refractivity contribution in [2.45, 2.75) is 6.42 Å². The van der Waals surface area contributed by atoms with Crippen LogP contribution in [0.4, 0.5) is 0 Å². The zero-order valence-electron chi connectivity index (χ0n) is 79.9. The molecular formula is C137H81CuN9O2. The van der Waals surface area contributed by atoms with Crippen molar-refractivity contribution in [1.29, 1.82) is 0 Å². The van der Waals surface area contributed by atoms with Gasteiger partial charge in [-0.3, -0.25) is 9.59 Å². The minimum absolute atomic E-state index is 0. The number of carbonyl (C=O) groups is 1. The van der Waals surface area contributed by atoms with Gasteiger partial charge in [0.1, 0.15) is 0 Å². The van der Waals surface area contributed by atoms with Crippen molar-refractivity contribution in [1.82, 2.24) is 44.9 Å².